The topological polar surface area (TPSA) is 82.5 Å². The van der Waals surface area contributed by atoms with Crippen LogP contribution in [0.5, 0.6) is 11.5 Å². The summed E-state index contributed by atoms with van der Waals surface area (Å²) in [5, 5.41) is 5.31. The number of benzene rings is 1. The Morgan fingerprint density at radius 1 is 1.28 bits per heavy atom. The largest absolute Gasteiger partial charge is 0.486 e. The van der Waals surface area contributed by atoms with Crippen molar-refractivity contribution in [1.82, 2.24) is 9.55 Å². The number of rotatable bonds is 7. The maximum absolute atomic E-state index is 12.8. The normalized spacial score (nSPS) is 12.9. The predicted molar refractivity (Wildman–Crippen MR) is 116 cm³/mol. The average Bonchev–Trinajstić information content (AvgIpc) is 3.20. The van der Waals surface area contributed by atoms with E-state index in [0.29, 0.717) is 52.3 Å². The van der Waals surface area contributed by atoms with Crippen LogP contribution in [0.4, 0.5) is 5.69 Å². The Morgan fingerprint density at radius 2 is 2.10 bits per heavy atom. The molecule has 4 rings (SSSR count). The minimum atomic E-state index is -0.173. The zero-order valence-corrected chi connectivity index (χ0v) is 17.6. The van der Waals surface area contributed by atoms with Gasteiger partial charge in [0, 0.05) is 18.3 Å². The summed E-state index contributed by atoms with van der Waals surface area (Å²) in [4.78, 5) is 29.8. The molecule has 3 heterocycles. The summed E-state index contributed by atoms with van der Waals surface area (Å²) in [6, 6.07) is 7.16. The molecule has 0 saturated heterocycles. The fourth-order valence-corrected chi connectivity index (χ4v) is 4.60. The average molecular weight is 432 g/mol. The van der Waals surface area contributed by atoms with Crippen LogP contribution in [-0.4, -0.2) is 34.4 Å². The first-order valence-corrected chi connectivity index (χ1v) is 11.3. The van der Waals surface area contributed by atoms with Gasteiger partial charge in [-0.2, -0.15) is 0 Å². The third-order valence-corrected chi connectivity index (χ3v) is 6.29. The molecule has 29 heavy (non-hydrogen) atoms. The van der Waals surface area contributed by atoms with Crippen LogP contribution in [0.25, 0.3) is 10.2 Å². The van der Waals surface area contributed by atoms with E-state index in [2.05, 4.69) is 17.2 Å². The lowest BCUT2D eigenvalue weighted by Crippen LogP contribution is -2.23. The number of carbonyl (C=O) groups is 1. The van der Waals surface area contributed by atoms with Gasteiger partial charge in [-0.3, -0.25) is 14.2 Å². The van der Waals surface area contributed by atoms with E-state index in [-0.39, 0.29) is 17.2 Å². The van der Waals surface area contributed by atoms with E-state index in [0.717, 1.165) is 12.8 Å². The Morgan fingerprint density at radius 3 is 2.93 bits per heavy atom. The number of thiophene rings is 1. The molecule has 3 aromatic rings. The summed E-state index contributed by atoms with van der Waals surface area (Å²) in [5.74, 6) is 1.28. The van der Waals surface area contributed by atoms with Gasteiger partial charge in [0.15, 0.2) is 16.7 Å². The van der Waals surface area contributed by atoms with Crippen LogP contribution in [0.2, 0.25) is 0 Å². The van der Waals surface area contributed by atoms with E-state index in [9.17, 15) is 9.59 Å². The third kappa shape index (κ3) is 4.40. The molecule has 7 nitrogen and oxygen atoms in total. The Hall–Kier alpha value is -2.52. The van der Waals surface area contributed by atoms with Crippen molar-refractivity contribution in [3.63, 3.8) is 0 Å². The summed E-state index contributed by atoms with van der Waals surface area (Å²) >= 11 is 2.68. The van der Waals surface area contributed by atoms with Crippen molar-refractivity contribution in [2.24, 2.45) is 0 Å². The van der Waals surface area contributed by atoms with Gasteiger partial charge in [-0.15, -0.1) is 11.3 Å². The molecular formula is C20H21N3O4S2. The first kappa shape index (κ1) is 19.8. The summed E-state index contributed by atoms with van der Waals surface area (Å²) in [7, 11) is 0. The monoisotopic (exact) mass is 431 g/mol. The van der Waals surface area contributed by atoms with Gasteiger partial charge in [-0.25, -0.2) is 4.98 Å². The molecule has 0 unspecified atom stereocenters. The highest BCUT2D eigenvalue weighted by atomic mass is 32.2. The van der Waals surface area contributed by atoms with E-state index in [4.69, 9.17) is 9.47 Å². The van der Waals surface area contributed by atoms with Crippen LogP contribution in [0.15, 0.2) is 39.6 Å². The van der Waals surface area contributed by atoms with Crippen molar-refractivity contribution in [3.8, 4) is 11.5 Å². The van der Waals surface area contributed by atoms with Gasteiger partial charge in [-0.1, -0.05) is 25.1 Å². The van der Waals surface area contributed by atoms with Crippen molar-refractivity contribution in [1.29, 1.82) is 0 Å². The minimum absolute atomic E-state index is 0.0341. The zero-order chi connectivity index (χ0) is 20.2. The number of hydrogen-bond donors (Lipinski definition) is 1. The molecule has 2 aromatic heterocycles. The molecule has 0 aliphatic carbocycles. The van der Waals surface area contributed by atoms with Crippen LogP contribution in [-0.2, 0) is 11.3 Å². The molecule has 9 heteroatoms. The molecule has 0 atom stereocenters. The SMILES string of the molecule is CCCCn1c(SCC(=O)Nc2ccc3c(c2)OCCO3)nc2ccsc2c1=O. The summed E-state index contributed by atoms with van der Waals surface area (Å²) in [5.41, 5.74) is 1.29. The van der Waals surface area contributed by atoms with Gasteiger partial charge >= 0.3 is 0 Å². The number of hydrogen-bond acceptors (Lipinski definition) is 7. The second-order valence-corrected chi connectivity index (χ2v) is 8.39. The fraction of sp³-hybridized carbons (Fsp3) is 0.350. The van der Waals surface area contributed by atoms with Crippen LogP contribution < -0.4 is 20.3 Å². The van der Waals surface area contributed by atoms with Gasteiger partial charge < -0.3 is 14.8 Å². The summed E-state index contributed by atoms with van der Waals surface area (Å²) in [6.45, 7) is 3.70. The quantitative estimate of drug-likeness (QED) is 0.453. The Kier molecular flexibility index (Phi) is 6.05. The Bertz CT molecular complexity index is 1090. The maximum atomic E-state index is 12.8. The van der Waals surface area contributed by atoms with E-state index < -0.39 is 0 Å². The molecule has 0 bridgehead atoms. The number of anilines is 1. The molecule has 152 valence electrons. The molecule has 1 aromatic carbocycles. The van der Waals surface area contributed by atoms with E-state index in [1.807, 2.05) is 11.4 Å². The lowest BCUT2D eigenvalue weighted by Gasteiger charge is -2.19. The molecule has 1 amide bonds. The number of fused-ring (bicyclic) bond motifs is 2. The molecule has 0 saturated carbocycles. The van der Waals surface area contributed by atoms with Gasteiger partial charge in [0.05, 0.1) is 11.3 Å². The van der Waals surface area contributed by atoms with Crippen LogP contribution >= 0.6 is 23.1 Å². The first-order valence-electron chi connectivity index (χ1n) is 9.46. The standard InChI is InChI=1S/C20H21N3O4S2/c1-2-3-7-23-19(25)18-14(6-10-28-18)22-20(23)29-12-17(24)21-13-4-5-15-16(11-13)27-9-8-26-15/h4-6,10-11H,2-3,7-9,12H2,1H3,(H,21,24). The molecule has 0 radical (unpaired) electrons. The van der Waals surface area contributed by atoms with Crippen LogP contribution in [0.1, 0.15) is 19.8 Å². The van der Waals surface area contributed by atoms with Crippen molar-refractivity contribution in [2.45, 2.75) is 31.5 Å². The van der Waals surface area contributed by atoms with Crippen LogP contribution in [0.3, 0.4) is 0 Å². The van der Waals surface area contributed by atoms with Crippen LogP contribution in [0, 0.1) is 0 Å². The number of thioether (sulfide) groups is 1. The smallest absolute Gasteiger partial charge is 0.272 e. The number of nitrogens with zero attached hydrogens (tertiary/aromatic N) is 2. The molecule has 1 aliphatic rings. The summed E-state index contributed by atoms with van der Waals surface area (Å²) < 4.78 is 13.4. The number of aromatic nitrogens is 2. The van der Waals surface area contributed by atoms with E-state index in [1.54, 1.807) is 22.8 Å². The van der Waals surface area contributed by atoms with E-state index in [1.165, 1.54) is 23.1 Å². The van der Waals surface area contributed by atoms with Crippen molar-refractivity contribution in [3.05, 3.63) is 40.0 Å². The maximum Gasteiger partial charge on any atom is 0.272 e. The Balaban J connectivity index is 1.47. The van der Waals surface area contributed by atoms with Gasteiger partial charge in [0.1, 0.15) is 17.9 Å². The van der Waals surface area contributed by atoms with Gasteiger partial charge in [0.25, 0.3) is 5.56 Å². The summed E-state index contributed by atoms with van der Waals surface area (Å²) in [6.07, 6.45) is 1.86. The number of carbonyl (C=O) groups excluding carboxylic acids is 1. The molecule has 0 fully saturated rings. The number of ether oxygens (including phenoxy) is 2. The lowest BCUT2D eigenvalue weighted by atomic mass is 10.2. The highest BCUT2D eigenvalue weighted by molar-refractivity contribution is 7.99. The highest BCUT2D eigenvalue weighted by Gasteiger charge is 2.15. The zero-order valence-electron chi connectivity index (χ0n) is 16.0. The predicted octanol–water partition coefficient (Wildman–Crippen LogP) is 3.76. The van der Waals surface area contributed by atoms with Gasteiger partial charge in [0.2, 0.25) is 5.91 Å². The second kappa shape index (κ2) is 8.87. The fourth-order valence-electron chi connectivity index (χ4n) is 3.00. The minimum Gasteiger partial charge on any atom is -0.486 e. The van der Waals surface area contributed by atoms with Gasteiger partial charge in [-0.05, 0) is 30.0 Å². The number of nitrogens with one attached hydrogen (secondary N) is 1. The third-order valence-electron chi connectivity index (χ3n) is 4.42. The van der Waals surface area contributed by atoms with Crippen molar-refractivity contribution < 1.29 is 14.3 Å². The molecule has 1 N–H and O–H groups in total. The van der Waals surface area contributed by atoms with Crippen molar-refractivity contribution >= 4 is 44.9 Å². The molecular weight excluding hydrogens is 410 g/mol. The number of unbranched alkanes of at least 4 members (excludes halogenated alkanes) is 1. The first-order chi connectivity index (χ1) is 14.2. The van der Waals surface area contributed by atoms with Crippen molar-refractivity contribution in [2.75, 3.05) is 24.3 Å². The molecule has 1 aliphatic heterocycles. The highest BCUT2D eigenvalue weighted by Crippen LogP contribution is 2.32. The second-order valence-electron chi connectivity index (χ2n) is 6.53. The van der Waals surface area contributed by atoms with E-state index >= 15 is 0 Å². The molecule has 0 spiro atoms. The lowest BCUT2D eigenvalue weighted by molar-refractivity contribution is -0.113. The number of amides is 1. The Labute approximate surface area is 176 Å².